The molecule has 3 rings (SSSR count). The number of hydrogen-bond acceptors (Lipinski definition) is 3. The molecule has 18 heavy (non-hydrogen) atoms. The lowest BCUT2D eigenvalue weighted by Crippen LogP contribution is -2.21. The summed E-state index contributed by atoms with van der Waals surface area (Å²) in [7, 11) is 0. The van der Waals surface area contributed by atoms with Crippen molar-refractivity contribution in [1.29, 1.82) is 0 Å². The van der Waals surface area contributed by atoms with Gasteiger partial charge in [-0.15, -0.1) is 0 Å². The van der Waals surface area contributed by atoms with Gasteiger partial charge in [-0.2, -0.15) is 0 Å². The number of imidazole rings is 1. The van der Waals surface area contributed by atoms with Crippen molar-refractivity contribution in [3.8, 4) is 0 Å². The molecule has 2 N–H and O–H groups in total. The van der Waals surface area contributed by atoms with E-state index < -0.39 is 0 Å². The molecular formula is C14H20N4. The van der Waals surface area contributed by atoms with E-state index in [4.69, 9.17) is 5.73 Å². The highest BCUT2D eigenvalue weighted by Crippen LogP contribution is 2.40. The third kappa shape index (κ3) is 1.76. The first-order valence-corrected chi connectivity index (χ1v) is 6.66. The maximum atomic E-state index is 6.07. The highest BCUT2D eigenvalue weighted by atomic mass is 15.2. The zero-order valence-corrected chi connectivity index (χ0v) is 11.1. The maximum absolute atomic E-state index is 6.07. The number of nitrogen functional groups attached to an aromatic ring is 1. The van der Waals surface area contributed by atoms with Gasteiger partial charge in [-0.25, -0.2) is 9.97 Å². The quantitative estimate of drug-likeness (QED) is 0.883. The summed E-state index contributed by atoms with van der Waals surface area (Å²) < 4.78 is 2.09. The Bertz CT molecular complexity index is 579. The van der Waals surface area contributed by atoms with Gasteiger partial charge in [0.2, 0.25) is 5.95 Å². The molecule has 0 amide bonds. The van der Waals surface area contributed by atoms with Crippen LogP contribution in [0.5, 0.6) is 0 Å². The highest BCUT2D eigenvalue weighted by Gasteiger charge is 2.30. The van der Waals surface area contributed by atoms with Crippen LogP contribution in [0.3, 0.4) is 0 Å². The van der Waals surface area contributed by atoms with Crippen LogP contribution in [0.15, 0.2) is 12.3 Å². The van der Waals surface area contributed by atoms with Crippen LogP contribution >= 0.6 is 0 Å². The number of anilines is 1. The molecule has 2 aromatic rings. The number of aromatic nitrogens is 3. The Hall–Kier alpha value is -1.58. The van der Waals surface area contributed by atoms with Crippen LogP contribution in [0, 0.1) is 12.3 Å². The molecule has 1 aliphatic rings. The Morgan fingerprint density at radius 2 is 2.11 bits per heavy atom. The molecule has 0 aromatic carbocycles. The first-order valence-electron chi connectivity index (χ1n) is 6.66. The van der Waals surface area contributed by atoms with Crippen molar-refractivity contribution >= 4 is 17.1 Å². The number of fused-ring (bicyclic) bond motifs is 1. The van der Waals surface area contributed by atoms with Gasteiger partial charge in [-0.05, 0) is 36.8 Å². The van der Waals surface area contributed by atoms with Crippen LogP contribution < -0.4 is 5.73 Å². The molecule has 0 unspecified atom stereocenters. The Balaban J connectivity index is 2.06. The van der Waals surface area contributed by atoms with Gasteiger partial charge in [0.05, 0.1) is 0 Å². The van der Waals surface area contributed by atoms with E-state index in [-0.39, 0.29) is 0 Å². The normalized spacial score (nSPS) is 18.6. The summed E-state index contributed by atoms with van der Waals surface area (Å²) in [4.78, 5) is 8.92. The predicted octanol–water partition coefficient (Wildman–Crippen LogP) is 2.90. The summed E-state index contributed by atoms with van der Waals surface area (Å²) >= 11 is 0. The second-order valence-electron chi connectivity index (χ2n) is 5.87. The molecule has 0 bridgehead atoms. The molecule has 0 saturated heterocycles. The SMILES string of the molecule is Cc1ccnc2c1nc(N)n2CC1(C)CCCC1. The van der Waals surface area contributed by atoms with Crippen molar-refractivity contribution in [2.24, 2.45) is 5.41 Å². The molecular weight excluding hydrogens is 224 g/mol. The zero-order valence-electron chi connectivity index (χ0n) is 11.1. The van der Waals surface area contributed by atoms with Crippen LogP contribution in [0.25, 0.3) is 11.2 Å². The lowest BCUT2D eigenvalue weighted by Gasteiger charge is -2.24. The molecule has 4 nitrogen and oxygen atoms in total. The van der Waals surface area contributed by atoms with Gasteiger partial charge in [0.15, 0.2) is 5.65 Å². The molecule has 2 heterocycles. The third-order valence-corrected chi connectivity index (χ3v) is 4.22. The first-order chi connectivity index (χ1) is 8.59. The van der Waals surface area contributed by atoms with Crippen molar-refractivity contribution in [2.75, 3.05) is 5.73 Å². The summed E-state index contributed by atoms with van der Waals surface area (Å²) in [6.45, 7) is 5.34. The Kier molecular flexibility index (Phi) is 2.54. The number of nitrogens with zero attached hydrogens (tertiary/aromatic N) is 3. The number of aryl methyl sites for hydroxylation is 1. The van der Waals surface area contributed by atoms with Crippen LogP contribution in [0.4, 0.5) is 5.95 Å². The summed E-state index contributed by atoms with van der Waals surface area (Å²) in [5.74, 6) is 0.597. The topological polar surface area (TPSA) is 56.7 Å². The van der Waals surface area contributed by atoms with Gasteiger partial charge in [-0.3, -0.25) is 4.57 Å². The molecule has 0 aliphatic heterocycles. The van der Waals surface area contributed by atoms with Crippen LogP contribution in [0.1, 0.15) is 38.2 Å². The second-order valence-corrected chi connectivity index (χ2v) is 5.87. The van der Waals surface area contributed by atoms with E-state index in [2.05, 4.69) is 28.4 Å². The van der Waals surface area contributed by atoms with Crippen molar-refractivity contribution < 1.29 is 0 Å². The summed E-state index contributed by atoms with van der Waals surface area (Å²) in [5.41, 5.74) is 9.44. The van der Waals surface area contributed by atoms with E-state index in [0.29, 0.717) is 11.4 Å². The number of nitrogens with two attached hydrogens (primary N) is 1. The van der Waals surface area contributed by atoms with E-state index in [9.17, 15) is 0 Å². The maximum Gasteiger partial charge on any atom is 0.202 e. The van der Waals surface area contributed by atoms with Gasteiger partial charge in [0.25, 0.3) is 0 Å². The lowest BCUT2D eigenvalue weighted by molar-refractivity contribution is 0.286. The predicted molar refractivity (Wildman–Crippen MR) is 73.3 cm³/mol. The molecule has 0 radical (unpaired) electrons. The largest absolute Gasteiger partial charge is 0.369 e. The van der Waals surface area contributed by atoms with E-state index in [1.54, 1.807) is 0 Å². The van der Waals surface area contributed by atoms with E-state index in [0.717, 1.165) is 23.3 Å². The van der Waals surface area contributed by atoms with E-state index >= 15 is 0 Å². The summed E-state index contributed by atoms with van der Waals surface area (Å²) in [5, 5.41) is 0. The minimum Gasteiger partial charge on any atom is -0.369 e. The van der Waals surface area contributed by atoms with Gasteiger partial charge in [-0.1, -0.05) is 19.8 Å². The van der Waals surface area contributed by atoms with Crippen LogP contribution in [0.2, 0.25) is 0 Å². The fourth-order valence-electron chi connectivity index (χ4n) is 3.08. The number of hydrogen-bond donors (Lipinski definition) is 1. The van der Waals surface area contributed by atoms with Gasteiger partial charge >= 0.3 is 0 Å². The molecule has 0 spiro atoms. The van der Waals surface area contributed by atoms with E-state index in [1.165, 1.54) is 25.7 Å². The third-order valence-electron chi connectivity index (χ3n) is 4.22. The fourth-order valence-corrected chi connectivity index (χ4v) is 3.08. The molecule has 1 aliphatic carbocycles. The molecule has 1 fully saturated rings. The zero-order chi connectivity index (χ0) is 12.8. The molecule has 1 saturated carbocycles. The second kappa shape index (κ2) is 3.97. The van der Waals surface area contributed by atoms with Crippen molar-refractivity contribution in [3.63, 3.8) is 0 Å². The Morgan fingerprint density at radius 3 is 2.83 bits per heavy atom. The van der Waals surface area contributed by atoms with Crippen molar-refractivity contribution in [3.05, 3.63) is 17.8 Å². The van der Waals surface area contributed by atoms with Gasteiger partial charge < -0.3 is 5.73 Å². The van der Waals surface area contributed by atoms with Crippen LogP contribution in [-0.4, -0.2) is 14.5 Å². The number of rotatable bonds is 2. The van der Waals surface area contributed by atoms with Crippen LogP contribution in [-0.2, 0) is 6.54 Å². The lowest BCUT2D eigenvalue weighted by atomic mass is 9.89. The first kappa shape index (κ1) is 11.5. The molecule has 2 aromatic heterocycles. The minimum absolute atomic E-state index is 0.354. The van der Waals surface area contributed by atoms with Gasteiger partial charge in [0, 0.05) is 12.7 Å². The Labute approximate surface area is 107 Å². The van der Waals surface area contributed by atoms with Gasteiger partial charge in [0.1, 0.15) is 5.52 Å². The average molecular weight is 244 g/mol. The Morgan fingerprint density at radius 1 is 1.39 bits per heavy atom. The van der Waals surface area contributed by atoms with Crippen molar-refractivity contribution in [1.82, 2.24) is 14.5 Å². The summed E-state index contributed by atoms with van der Waals surface area (Å²) in [6.07, 6.45) is 7.05. The molecule has 4 heteroatoms. The fraction of sp³-hybridized carbons (Fsp3) is 0.571. The average Bonchev–Trinajstić information content (AvgIpc) is 2.88. The smallest absolute Gasteiger partial charge is 0.202 e. The minimum atomic E-state index is 0.354. The van der Waals surface area contributed by atoms with E-state index in [1.807, 2.05) is 12.3 Å². The molecule has 0 atom stereocenters. The standard InChI is InChI=1S/C14H20N4/c1-10-5-8-16-12-11(10)17-13(15)18(12)9-14(2)6-3-4-7-14/h5,8H,3-4,6-7,9H2,1-2H3,(H2,15,17). The van der Waals surface area contributed by atoms with Crippen molar-refractivity contribution in [2.45, 2.75) is 46.1 Å². The number of pyridine rings is 1. The molecule has 96 valence electrons. The summed E-state index contributed by atoms with van der Waals surface area (Å²) in [6, 6.07) is 1.98. The monoisotopic (exact) mass is 244 g/mol. The highest BCUT2D eigenvalue weighted by molar-refractivity contribution is 5.77.